The molecule has 1 saturated carbocycles. The molecule has 1 saturated heterocycles. The molecule has 0 aromatic carbocycles. The van der Waals surface area contributed by atoms with Crippen molar-refractivity contribution in [1.29, 1.82) is 0 Å². The molecule has 148 valence electrons. The van der Waals surface area contributed by atoms with Gasteiger partial charge in [-0.3, -0.25) is 4.55 Å². The number of hydrogen-bond acceptors (Lipinski definition) is 4. The topological polar surface area (TPSA) is 70.1 Å². The van der Waals surface area contributed by atoms with E-state index in [0.29, 0.717) is 25.9 Å². The molecule has 1 heterocycles. The predicted molar refractivity (Wildman–Crippen MR) is 100 cm³/mol. The van der Waals surface area contributed by atoms with Gasteiger partial charge < -0.3 is 9.64 Å². The Hall–Kier alpha value is -0.210. The maximum Gasteiger partial charge on any atom is 0.335 e. The van der Waals surface area contributed by atoms with Gasteiger partial charge in [0.15, 0.2) is 0 Å². The lowest BCUT2D eigenvalue weighted by atomic mass is 10.1. The summed E-state index contributed by atoms with van der Waals surface area (Å²) in [5, 5.41) is 0. The van der Waals surface area contributed by atoms with Crippen LogP contribution in [0.4, 0.5) is 0 Å². The van der Waals surface area contributed by atoms with Crippen molar-refractivity contribution in [2.45, 2.75) is 70.8 Å². The van der Waals surface area contributed by atoms with Crippen molar-refractivity contribution in [3.8, 4) is 0 Å². The molecule has 7 heteroatoms. The Morgan fingerprint density at radius 1 is 1.04 bits per heavy atom. The second kappa shape index (κ2) is 10.8. The first-order valence-corrected chi connectivity index (χ1v) is 11.4. The zero-order valence-corrected chi connectivity index (χ0v) is 16.6. The molecule has 0 radical (unpaired) electrons. The molecule has 0 amide bonds. The van der Waals surface area contributed by atoms with E-state index in [1.54, 1.807) is 0 Å². The first-order chi connectivity index (χ1) is 12.0. The van der Waals surface area contributed by atoms with Crippen molar-refractivity contribution in [2.75, 3.05) is 39.3 Å². The second-order valence-electron chi connectivity index (χ2n) is 7.61. The molecule has 0 spiro atoms. The van der Waals surface area contributed by atoms with Gasteiger partial charge in [-0.1, -0.05) is 19.8 Å². The third kappa shape index (κ3) is 8.82. The zero-order valence-electron chi connectivity index (χ0n) is 15.7. The van der Waals surface area contributed by atoms with Gasteiger partial charge >= 0.3 is 10.3 Å². The molecule has 2 aliphatic rings. The minimum atomic E-state index is -4.03. The van der Waals surface area contributed by atoms with Crippen LogP contribution >= 0.6 is 0 Å². The van der Waals surface area contributed by atoms with Gasteiger partial charge in [0.05, 0.1) is 6.10 Å². The Morgan fingerprint density at radius 2 is 1.72 bits per heavy atom. The standard InChI is InChI=1S/C18H36N2O4S/c1-2-11-19(16-17-7-8-17)12-5-3-4-6-15-24-18-9-13-20(14-10-18)25(21,22)23/h17-18H,2-16H2,1H3,(H,21,22,23). The third-order valence-corrected chi connectivity index (χ3v) is 6.22. The van der Waals surface area contributed by atoms with E-state index in [4.69, 9.17) is 9.29 Å². The van der Waals surface area contributed by atoms with E-state index >= 15 is 0 Å². The molecular formula is C18H36N2O4S. The predicted octanol–water partition coefficient (Wildman–Crippen LogP) is 2.95. The van der Waals surface area contributed by atoms with Crippen LogP contribution in [0.15, 0.2) is 0 Å². The van der Waals surface area contributed by atoms with Crippen LogP contribution in [0.3, 0.4) is 0 Å². The van der Waals surface area contributed by atoms with E-state index in [1.807, 2.05) is 0 Å². The molecule has 0 aromatic rings. The van der Waals surface area contributed by atoms with Gasteiger partial charge in [-0.15, -0.1) is 0 Å². The van der Waals surface area contributed by atoms with Crippen molar-refractivity contribution in [3.63, 3.8) is 0 Å². The number of nitrogens with zero attached hydrogens (tertiary/aromatic N) is 2. The summed E-state index contributed by atoms with van der Waals surface area (Å²) in [6.07, 6.45) is 10.4. The molecule has 0 aromatic heterocycles. The van der Waals surface area contributed by atoms with Crippen LogP contribution in [0, 0.1) is 5.92 Å². The van der Waals surface area contributed by atoms with Gasteiger partial charge in [0.25, 0.3) is 0 Å². The average Bonchev–Trinajstić information content (AvgIpc) is 3.37. The smallest absolute Gasteiger partial charge is 0.335 e. The van der Waals surface area contributed by atoms with Crippen LogP contribution in [0.5, 0.6) is 0 Å². The third-order valence-electron chi connectivity index (χ3n) is 5.20. The van der Waals surface area contributed by atoms with E-state index in [2.05, 4.69) is 11.8 Å². The maximum absolute atomic E-state index is 11.0. The van der Waals surface area contributed by atoms with E-state index in [9.17, 15) is 8.42 Å². The zero-order chi connectivity index (χ0) is 18.1. The van der Waals surface area contributed by atoms with Crippen molar-refractivity contribution in [3.05, 3.63) is 0 Å². The lowest BCUT2D eigenvalue weighted by molar-refractivity contribution is 0.0181. The van der Waals surface area contributed by atoms with E-state index in [0.717, 1.165) is 23.3 Å². The Kier molecular flexibility index (Phi) is 9.13. The fourth-order valence-corrected chi connectivity index (χ4v) is 4.22. The number of ether oxygens (including phenoxy) is 1. The Bertz CT molecular complexity index is 460. The van der Waals surface area contributed by atoms with Crippen molar-refractivity contribution in [2.24, 2.45) is 5.92 Å². The SMILES string of the molecule is CCCN(CCCCCCOC1CCN(S(=O)(=O)O)CC1)CC1CC1. The van der Waals surface area contributed by atoms with E-state index in [-0.39, 0.29) is 6.10 Å². The Labute approximate surface area is 153 Å². The molecule has 1 aliphatic heterocycles. The second-order valence-corrected chi connectivity index (χ2v) is 9.02. The van der Waals surface area contributed by atoms with Crippen LogP contribution in [0.1, 0.15) is 64.7 Å². The summed E-state index contributed by atoms with van der Waals surface area (Å²) in [5.41, 5.74) is 0. The highest BCUT2D eigenvalue weighted by molar-refractivity contribution is 7.83. The van der Waals surface area contributed by atoms with Crippen LogP contribution in [0.2, 0.25) is 0 Å². The van der Waals surface area contributed by atoms with Gasteiger partial charge in [-0.25, -0.2) is 0 Å². The molecule has 25 heavy (non-hydrogen) atoms. The lowest BCUT2D eigenvalue weighted by Crippen LogP contribution is -2.40. The lowest BCUT2D eigenvalue weighted by Gasteiger charge is -2.29. The van der Waals surface area contributed by atoms with Gasteiger partial charge in [0, 0.05) is 26.2 Å². The van der Waals surface area contributed by atoms with Gasteiger partial charge in [0.2, 0.25) is 0 Å². The molecule has 0 atom stereocenters. The minimum absolute atomic E-state index is 0.136. The monoisotopic (exact) mass is 376 g/mol. The summed E-state index contributed by atoms with van der Waals surface area (Å²) >= 11 is 0. The van der Waals surface area contributed by atoms with E-state index in [1.165, 1.54) is 58.2 Å². The highest BCUT2D eigenvalue weighted by atomic mass is 32.2. The molecule has 0 bridgehead atoms. The molecule has 2 rings (SSSR count). The van der Waals surface area contributed by atoms with E-state index < -0.39 is 10.3 Å². The quantitative estimate of drug-likeness (QED) is 0.395. The summed E-state index contributed by atoms with van der Waals surface area (Å²) in [7, 11) is -4.03. The molecule has 2 fully saturated rings. The number of rotatable bonds is 13. The van der Waals surface area contributed by atoms with Crippen molar-refractivity contribution < 1.29 is 17.7 Å². The van der Waals surface area contributed by atoms with Crippen molar-refractivity contribution in [1.82, 2.24) is 9.21 Å². The first kappa shape index (κ1) is 21.1. The molecule has 1 N–H and O–H groups in total. The first-order valence-electron chi connectivity index (χ1n) is 10.1. The molecule has 6 nitrogen and oxygen atoms in total. The summed E-state index contributed by atoms with van der Waals surface area (Å²) in [5.74, 6) is 0.979. The van der Waals surface area contributed by atoms with Crippen LogP contribution in [-0.4, -0.2) is 67.6 Å². The molecule has 0 unspecified atom stereocenters. The minimum Gasteiger partial charge on any atom is -0.378 e. The maximum atomic E-state index is 11.0. The van der Waals surface area contributed by atoms with Crippen LogP contribution < -0.4 is 0 Å². The average molecular weight is 377 g/mol. The number of piperidine rings is 1. The Morgan fingerprint density at radius 3 is 2.32 bits per heavy atom. The summed E-state index contributed by atoms with van der Waals surface area (Å²) < 4.78 is 38.1. The summed E-state index contributed by atoms with van der Waals surface area (Å²) in [6.45, 7) is 7.52. The van der Waals surface area contributed by atoms with Crippen molar-refractivity contribution >= 4 is 10.3 Å². The van der Waals surface area contributed by atoms with Gasteiger partial charge in [-0.05, 0) is 64.0 Å². The highest BCUT2D eigenvalue weighted by Gasteiger charge is 2.26. The van der Waals surface area contributed by atoms with Crippen LogP contribution in [0.25, 0.3) is 0 Å². The number of hydrogen-bond donors (Lipinski definition) is 1. The highest BCUT2D eigenvalue weighted by Crippen LogP contribution is 2.29. The molecule has 1 aliphatic carbocycles. The summed E-state index contributed by atoms with van der Waals surface area (Å²) in [4.78, 5) is 2.64. The molecular weight excluding hydrogens is 340 g/mol. The van der Waals surface area contributed by atoms with Gasteiger partial charge in [0.1, 0.15) is 0 Å². The normalized spacial score (nSPS) is 20.4. The Balaban J connectivity index is 1.44. The summed E-state index contributed by atoms with van der Waals surface area (Å²) in [6, 6.07) is 0. The fourth-order valence-electron chi connectivity index (χ4n) is 3.55. The number of unbranched alkanes of at least 4 members (excludes halogenated alkanes) is 3. The van der Waals surface area contributed by atoms with Crippen LogP contribution in [-0.2, 0) is 15.0 Å². The van der Waals surface area contributed by atoms with Gasteiger partial charge in [-0.2, -0.15) is 12.7 Å². The fraction of sp³-hybridized carbons (Fsp3) is 1.00. The largest absolute Gasteiger partial charge is 0.378 e.